The number of ether oxygens (including phenoxy) is 1. The van der Waals surface area contributed by atoms with E-state index in [1.165, 1.54) is 17.8 Å². The standard InChI is InChI=1S/C27H25F2N3O3S/c1-2-35-20-10-7-18(8-11-20)27(34)30-13-14-32-16-25(21-5-3-4-6-24(21)32)36-17-26(33)31-23-12-9-19(28)15-22(23)29/h3-12,15-16H,2,13-14,17H2,1H3,(H,30,34)(H,31,33). The number of carbonyl (C=O) groups excluding carboxylic acids is 2. The van der Waals surface area contributed by atoms with Crippen molar-refractivity contribution in [2.45, 2.75) is 18.4 Å². The van der Waals surface area contributed by atoms with E-state index in [9.17, 15) is 18.4 Å². The van der Waals surface area contributed by atoms with Gasteiger partial charge in [0.15, 0.2) is 0 Å². The maximum atomic E-state index is 13.8. The molecule has 0 atom stereocenters. The second-order valence-corrected chi connectivity index (χ2v) is 8.90. The van der Waals surface area contributed by atoms with Gasteiger partial charge in [0.1, 0.15) is 17.4 Å². The van der Waals surface area contributed by atoms with Gasteiger partial charge >= 0.3 is 0 Å². The van der Waals surface area contributed by atoms with Crippen LogP contribution in [-0.2, 0) is 11.3 Å². The number of carbonyl (C=O) groups is 2. The van der Waals surface area contributed by atoms with Crippen molar-refractivity contribution in [2.75, 3.05) is 24.2 Å². The molecule has 0 radical (unpaired) electrons. The van der Waals surface area contributed by atoms with Gasteiger partial charge in [0.05, 0.1) is 18.0 Å². The molecule has 0 saturated heterocycles. The number of thioether (sulfide) groups is 1. The molecule has 36 heavy (non-hydrogen) atoms. The first-order valence-corrected chi connectivity index (χ1v) is 12.4. The predicted molar refractivity (Wildman–Crippen MR) is 138 cm³/mol. The van der Waals surface area contributed by atoms with Crippen LogP contribution in [0.25, 0.3) is 10.9 Å². The lowest BCUT2D eigenvalue weighted by Gasteiger charge is -2.08. The summed E-state index contributed by atoms with van der Waals surface area (Å²) in [7, 11) is 0. The zero-order chi connectivity index (χ0) is 25.5. The van der Waals surface area contributed by atoms with Crippen LogP contribution in [-0.4, -0.2) is 35.3 Å². The maximum absolute atomic E-state index is 13.8. The molecule has 0 aliphatic heterocycles. The van der Waals surface area contributed by atoms with Crippen molar-refractivity contribution in [3.63, 3.8) is 0 Å². The highest BCUT2D eigenvalue weighted by Crippen LogP contribution is 2.30. The van der Waals surface area contributed by atoms with Crippen molar-refractivity contribution in [2.24, 2.45) is 0 Å². The molecule has 2 N–H and O–H groups in total. The van der Waals surface area contributed by atoms with Gasteiger partial charge in [-0.1, -0.05) is 18.2 Å². The number of nitrogens with zero attached hydrogens (tertiary/aromatic N) is 1. The number of halogens is 2. The zero-order valence-corrected chi connectivity index (χ0v) is 20.4. The van der Waals surface area contributed by atoms with E-state index in [0.29, 0.717) is 25.3 Å². The fourth-order valence-electron chi connectivity index (χ4n) is 3.69. The summed E-state index contributed by atoms with van der Waals surface area (Å²) in [5, 5.41) is 6.37. The van der Waals surface area contributed by atoms with Crippen LogP contribution in [0.5, 0.6) is 5.75 Å². The molecule has 4 rings (SSSR count). The van der Waals surface area contributed by atoms with Gasteiger partial charge < -0.3 is 19.9 Å². The van der Waals surface area contributed by atoms with Gasteiger partial charge in [-0.05, 0) is 49.4 Å². The molecule has 0 fully saturated rings. The Labute approximate surface area is 211 Å². The van der Waals surface area contributed by atoms with Crippen LogP contribution in [0, 0.1) is 11.6 Å². The molecule has 4 aromatic rings. The lowest BCUT2D eigenvalue weighted by molar-refractivity contribution is -0.113. The number of nitrogens with one attached hydrogen (secondary N) is 2. The Morgan fingerprint density at radius 1 is 1.03 bits per heavy atom. The second kappa shape index (κ2) is 11.7. The number of benzene rings is 3. The molecule has 3 aromatic carbocycles. The molecule has 9 heteroatoms. The largest absolute Gasteiger partial charge is 0.494 e. The third-order valence-electron chi connectivity index (χ3n) is 5.38. The van der Waals surface area contributed by atoms with Gasteiger partial charge in [0.25, 0.3) is 5.91 Å². The highest BCUT2D eigenvalue weighted by Gasteiger charge is 2.13. The van der Waals surface area contributed by atoms with Gasteiger partial charge in [-0.3, -0.25) is 9.59 Å². The quantitative estimate of drug-likeness (QED) is 0.278. The Balaban J connectivity index is 1.36. The molecule has 1 heterocycles. The van der Waals surface area contributed by atoms with Gasteiger partial charge in [0, 0.05) is 46.7 Å². The number of para-hydroxylation sites is 1. The summed E-state index contributed by atoms with van der Waals surface area (Å²) in [6.45, 7) is 3.42. The smallest absolute Gasteiger partial charge is 0.251 e. The summed E-state index contributed by atoms with van der Waals surface area (Å²) in [6.07, 6.45) is 1.93. The van der Waals surface area contributed by atoms with Crippen LogP contribution >= 0.6 is 11.8 Å². The molecule has 0 aliphatic rings. The fourth-order valence-corrected chi connectivity index (χ4v) is 4.58. The number of fused-ring (bicyclic) bond motifs is 1. The first-order chi connectivity index (χ1) is 17.4. The van der Waals surface area contributed by atoms with E-state index in [2.05, 4.69) is 10.6 Å². The predicted octanol–water partition coefficient (Wildman–Crippen LogP) is 5.48. The minimum absolute atomic E-state index is 0.0549. The minimum atomic E-state index is -0.822. The lowest BCUT2D eigenvalue weighted by atomic mass is 10.2. The van der Waals surface area contributed by atoms with E-state index in [-0.39, 0.29) is 17.3 Å². The Bertz CT molecular complexity index is 1370. The van der Waals surface area contributed by atoms with Crippen molar-refractivity contribution < 1.29 is 23.1 Å². The summed E-state index contributed by atoms with van der Waals surface area (Å²) >= 11 is 1.32. The molecular formula is C27H25F2N3O3S. The molecule has 0 aliphatic carbocycles. The highest BCUT2D eigenvalue weighted by atomic mass is 32.2. The number of hydrogen-bond donors (Lipinski definition) is 2. The van der Waals surface area contributed by atoms with Gasteiger partial charge in [0.2, 0.25) is 5.91 Å². The summed E-state index contributed by atoms with van der Waals surface area (Å²) in [5.41, 5.74) is 1.46. The van der Waals surface area contributed by atoms with Crippen LogP contribution in [0.3, 0.4) is 0 Å². The molecule has 0 saturated carbocycles. The minimum Gasteiger partial charge on any atom is -0.494 e. The van der Waals surface area contributed by atoms with Crippen LogP contribution in [0.4, 0.5) is 14.5 Å². The first-order valence-electron chi connectivity index (χ1n) is 11.4. The molecule has 1 aromatic heterocycles. The number of amides is 2. The Kier molecular flexibility index (Phi) is 8.22. The van der Waals surface area contributed by atoms with E-state index < -0.39 is 17.5 Å². The van der Waals surface area contributed by atoms with E-state index >= 15 is 0 Å². The summed E-state index contributed by atoms with van der Waals surface area (Å²) in [6, 6.07) is 17.8. The lowest BCUT2D eigenvalue weighted by Crippen LogP contribution is -2.27. The molecule has 6 nitrogen and oxygen atoms in total. The van der Waals surface area contributed by atoms with Crippen molar-refractivity contribution in [3.05, 3.63) is 90.1 Å². The molecule has 186 valence electrons. The molecule has 0 bridgehead atoms. The van der Waals surface area contributed by atoms with Crippen LogP contribution in [0.15, 0.2) is 77.8 Å². The van der Waals surface area contributed by atoms with E-state index in [1.54, 1.807) is 24.3 Å². The third-order valence-corrected chi connectivity index (χ3v) is 6.42. The van der Waals surface area contributed by atoms with Crippen molar-refractivity contribution in [1.29, 1.82) is 0 Å². The second-order valence-electron chi connectivity index (χ2n) is 7.88. The maximum Gasteiger partial charge on any atom is 0.251 e. The van der Waals surface area contributed by atoms with Crippen molar-refractivity contribution in [1.82, 2.24) is 9.88 Å². The summed E-state index contributed by atoms with van der Waals surface area (Å²) < 4.78 is 34.3. The van der Waals surface area contributed by atoms with Crippen molar-refractivity contribution in [3.8, 4) is 5.75 Å². The van der Waals surface area contributed by atoms with Crippen LogP contribution < -0.4 is 15.4 Å². The van der Waals surface area contributed by atoms with Gasteiger partial charge in [-0.2, -0.15) is 0 Å². The normalized spacial score (nSPS) is 10.9. The Morgan fingerprint density at radius 2 is 1.81 bits per heavy atom. The highest BCUT2D eigenvalue weighted by molar-refractivity contribution is 8.00. The average molecular weight is 510 g/mol. The number of aromatic nitrogens is 1. The molecule has 2 amide bonds. The fraction of sp³-hybridized carbons (Fsp3) is 0.185. The Hall–Kier alpha value is -3.85. The average Bonchev–Trinajstić information content (AvgIpc) is 3.23. The Morgan fingerprint density at radius 3 is 2.56 bits per heavy atom. The first kappa shape index (κ1) is 25.2. The number of hydrogen-bond acceptors (Lipinski definition) is 4. The summed E-state index contributed by atoms with van der Waals surface area (Å²) in [4.78, 5) is 25.7. The topological polar surface area (TPSA) is 72.4 Å². The van der Waals surface area contributed by atoms with E-state index in [1.807, 2.05) is 42.0 Å². The summed E-state index contributed by atoms with van der Waals surface area (Å²) in [5.74, 6) is -1.33. The van der Waals surface area contributed by atoms with E-state index in [4.69, 9.17) is 4.74 Å². The van der Waals surface area contributed by atoms with E-state index in [0.717, 1.165) is 33.7 Å². The third kappa shape index (κ3) is 6.23. The SMILES string of the molecule is CCOc1ccc(C(=O)NCCn2cc(SCC(=O)Nc3ccc(F)cc3F)c3ccccc32)cc1. The molecular weight excluding hydrogens is 484 g/mol. The molecule has 0 spiro atoms. The zero-order valence-electron chi connectivity index (χ0n) is 19.6. The van der Waals surface area contributed by atoms with Crippen molar-refractivity contribution >= 4 is 40.2 Å². The molecule has 0 unspecified atom stereocenters. The van der Waals surface area contributed by atoms with Gasteiger partial charge in [-0.25, -0.2) is 8.78 Å². The number of rotatable bonds is 10. The number of anilines is 1. The van der Waals surface area contributed by atoms with Crippen LogP contribution in [0.2, 0.25) is 0 Å². The van der Waals surface area contributed by atoms with Gasteiger partial charge in [-0.15, -0.1) is 11.8 Å². The monoisotopic (exact) mass is 509 g/mol. The van der Waals surface area contributed by atoms with Crippen LogP contribution in [0.1, 0.15) is 17.3 Å².